The van der Waals surface area contributed by atoms with Crippen LogP contribution in [0.3, 0.4) is 0 Å². The van der Waals surface area contributed by atoms with Crippen LogP contribution in [0.2, 0.25) is 0 Å². The smallest absolute Gasteiger partial charge is 0.306 e. The zero-order valence-corrected chi connectivity index (χ0v) is 25.6. The summed E-state index contributed by atoms with van der Waals surface area (Å²) in [5.74, 6) is -2.24. The van der Waals surface area contributed by atoms with E-state index in [0.717, 1.165) is 47.0 Å². The van der Waals surface area contributed by atoms with Gasteiger partial charge in [-0.1, -0.05) is 47.0 Å². The predicted octanol–water partition coefficient (Wildman–Crippen LogP) is 2.33. The highest BCUT2D eigenvalue weighted by Crippen LogP contribution is 2.24. The van der Waals surface area contributed by atoms with Crippen LogP contribution >= 0.6 is 47.0 Å². The summed E-state index contributed by atoms with van der Waals surface area (Å²) < 4.78 is 21.5. The van der Waals surface area contributed by atoms with E-state index in [9.17, 15) is 38.4 Å². The Balaban J connectivity index is 2.21. The number of esters is 4. The maximum atomic E-state index is 12.4. The van der Waals surface area contributed by atoms with Gasteiger partial charge in [0.15, 0.2) is 20.5 Å². The fourth-order valence-electron chi connectivity index (χ4n) is 3.16. The van der Waals surface area contributed by atoms with Crippen LogP contribution in [0.25, 0.3) is 0 Å². The molecule has 2 aliphatic rings. The second kappa shape index (κ2) is 19.2. The molecule has 1 spiro atoms. The van der Waals surface area contributed by atoms with E-state index in [1.807, 2.05) is 0 Å². The van der Waals surface area contributed by atoms with Gasteiger partial charge in [-0.05, 0) is 0 Å². The van der Waals surface area contributed by atoms with Crippen LogP contribution in [0.5, 0.6) is 0 Å². The molecule has 12 nitrogen and oxygen atoms in total. The molecule has 2 heterocycles. The van der Waals surface area contributed by atoms with Gasteiger partial charge >= 0.3 is 23.9 Å². The van der Waals surface area contributed by atoms with Crippen molar-refractivity contribution in [3.63, 3.8) is 0 Å². The Bertz CT molecular complexity index is 842. The van der Waals surface area contributed by atoms with Crippen LogP contribution in [0.1, 0.15) is 51.4 Å². The lowest BCUT2D eigenvalue weighted by Gasteiger charge is -2.31. The lowest BCUT2D eigenvalue weighted by molar-refractivity contribution is -0.170. The molecule has 0 amide bonds. The summed E-state index contributed by atoms with van der Waals surface area (Å²) in [5.41, 5.74) is -1.46. The van der Waals surface area contributed by atoms with Gasteiger partial charge in [0.25, 0.3) is 0 Å². The normalized spacial score (nSPS) is 23.0. The Morgan fingerprint density at radius 2 is 0.585 bits per heavy atom. The van der Waals surface area contributed by atoms with Gasteiger partial charge in [0.1, 0.15) is 31.8 Å². The highest BCUT2D eigenvalue weighted by Gasteiger charge is 2.38. The highest BCUT2D eigenvalue weighted by atomic mass is 32.2. The van der Waals surface area contributed by atoms with Crippen molar-refractivity contribution in [1.29, 1.82) is 0 Å². The number of rotatable bonds is 0. The van der Waals surface area contributed by atoms with E-state index in [2.05, 4.69) is 0 Å². The van der Waals surface area contributed by atoms with Crippen molar-refractivity contribution >= 4 is 91.4 Å². The third-order valence-corrected chi connectivity index (χ3v) is 9.24. The Hall–Kier alpha value is -2.04. The Morgan fingerprint density at radius 1 is 0.366 bits per heavy atom. The van der Waals surface area contributed by atoms with E-state index < -0.39 is 55.7 Å². The van der Waals surface area contributed by atoms with Crippen LogP contribution in [-0.4, -0.2) is 93.8 Å². The van der Waals surface area contributed by atoms with Gasteiger partial charge in [0.05, 0.1) is 25.7 Å². The standard InChI is InChI=1S/C25H32O12S4/c26-17-5-9-38-21(30)1-2-22(31)39-10-6-18(27)35-14-25(13-34-17)15-36-19(28)7-11-40-23(32)3-4-24(33)41-12-8-20(29)37-16-25/h1-16H2. The van der Waals surface area contributed by atoms with E-state index in [0.29, 0.717) is 0 Å². The van der Waals surface area contributed by atoms with Gasteiger partial charge in [0.2, 0.25) is 0 Å². The second-order valence-electron chi connectivity index (χ2n) is 9.02. The average Bonchev–Trinajstić information content (AvgIpc) is 2.93. The minimum atomic E-state index is -1.46. The number of ether oxygens (including phenoxy) is 4. The Labute approximate surface area is 254 Å². The third kappa shape index (κ3) is 15.7. The van der Waals surface area contributed by atoms with E-state index in [4.69, 9.17) is 18.9 Å². The molecule has 0 aromatic heterocycles. The molecule has 0 radical (unpaired) electrons. The molecule has 0 saturated carbocycles. The zero-order chi connectivity index (χ0) is 30.1. The summed E-state index contributed by atoms with van der Waals surface area (Å²) >= 11 is 3.61. The molecule has 0 aromatic carbocycles. The highest BCUT2D eigenvalue weighted by molar-refractivity contribution is 8.14. The van der Waals surface area contributed by atoms with Crippen molar-refractivity contribution < 1.29 is 57.3 Å². The quantitative estimate of drug-likeness (QED) is 0.275. The van der Waals surface area contributed by atoms with E-state index in [1.165, 1.54) is 0 Å². The predicted molar refractivity (Wildman–Crippen MR) is 153 cm³/mol. The topological polar surface area (TPSA) is 173 Å². The fraction of sp³-hybridized carbons (Fsp3) is 0.680. The first-order valence-electron chi connectivity index (χ1n) is 12.8. The lowest BCUT2D eigenvalue weighted by atomic mass is 9.92. The number of cyclic esters (lactones) is 4. The summed E-state index contributed by atoms with van der Waals surface area (Å²) in [6.07, 6.45) is -0.499. The summed E-state index contributed by atoms with van der Waals surface area (Å²) in [6.45, 7) is -1.75. The van der Waals surface area contributed by atoms with Crippen LogP contribution in [0.15, 0.2) is 0 Å². The Morgan fingerprint density at radius 3 is 0.805 bits per heavy atom. The first-order valence-corrected chi connectivity index (χ1v) is 16.8. The maximum absolute atomic E-state index is 12.4. The molecule has 2 aliphatic heterocycles. The minimum absolute atomic E-state index is 0.00910. The number of thioether (sulfide) groups is 4. The number of carbonyl (C=O) groups is 8. The van der Waals surface area contributed by atoms with Crippen molar-refractivity contribution in [2.24, 2.45) is 5.41 Å². The molecular formula is C25H32O12S4. The van der Waals surface area contributed by atoms with Crippen molar-refractivity contribution in [2.45, 2.75) is 51.4 Å². The number of carbonyl (C=O) groups excluding carboxylic acids is 8. The van der Waals surface area contributed by atoms with Gasteiger partial charge in [0, 0.05) is 48.7 Å². The number of hydrogen-bond acceptors (Lipinski definition) is 16. The zero-order valence-electron chi connectivity index (χ0n) is 22.3. The summed E-state index contributed by atoms with van der Waals surface area (Å²) in [5, 5.41) is -1.00. The van der Waals surface area contributed by atoms with Gasteiger partial charge in [-0.3, -0.25) is 38.4 Å². The van der Waals surface area contributed by atoms with Crippen molar-refractivity contribution in [3.05, 3.63) is 0 Å². The molecule has 0 aliphatic carbocycles. The monoisotopic (exact) mass is 652 g/mol. The molecule has 2 fully saturated rings. The van der Waals surface area contributed by atoms with E-state index in [1.54, 1.807) is 0 Å². The first-order chi connectivity index (χ1) is 19.6. The molecule has 2 rings (SSSR count). The molecule has 228 valence electrons. The van der Waals surface area contributed by atoms with Crippen LogP contribution in [-0.2, 0) is 57.3 Å². The lowest BCUT2D eigenvalue weighted by Crippen LogP contribution is -2.44. The molecule has 0 bridgehead atoms. The molecule has 0 unspecified atom stereocenters. The van der Waals surface area contributed by atoms with E-state index in [-0.39, 0.29) is 94.8 Å². The van der Waals surface area contributed by atoms with Crippen molar-refractivity contribution in [2.75, 3.05) is 49.4 Å². The molecule has 0 atom stereocenters. The Kier molecular flexibility index (Phi) is 16.5. The number of hydrogen-bond donors (Lipinski definition) is 0. The van der Waals surface area contributed by atoms with E-state index >= 15 is 0 Å². The van der Waals surface area contributed by atoms with Gasteiger partial charge in [-0.15, -0.1) is 0 Å². The van der Waals surface area contributed by atoms with Crippen molar-refractivity contribution in [1.82, 2.24) is 0 Å². The molecule has 0 aromatic rings. The van der Waals surface area contributed by atoms with Gasteiger partial charge < -0.3 is 18.9 Å². The largest absolute Gasteiger partial charge is 0.465 e. The second-order valence-corrected chi connectivity index (χ2v) is 13.6. The SMILES string of the molecule is O=C1CCSC(=O)CCC(=O)SCCC(=O)OCC2(CO1)COC(=O)CCSC(=O)CCC(=O)SCCC(=O)OC2. The van der Waals surface area contributed by atoms with Gasteiger partial charge in [-0.25, -0.2) is 0 Å². The molecule has 0 N–H and O–H groups in total. The van der Waals surface area contributed by atoms with Crippen LogP contribution in [0, 0.1) is 5.41 Å². The molecular weight excluding hydrogens is 621 g/mol. The van der Waals surface area contributed by atoms with Crippen LogP contribution < -0.4 is 0 Å². The maximum Gasteiger partial charge on any atom is 0.306 e. The average molecular weight is 653 g/mol. The summed E-state index contributed by atoms with van der Waals surface area (Å²) in [6, 6.07) is 0. The molecule has 2 saturated heterocycles. The summed E-state index contributed by atoms with van der Waals surface area (Å²) in [4.78, 5) is 97.8. The minimum Gasteiger partial charge on any atom is -0.465 e. The van der Waals surface area contributed by atoms with Crippen molar-refractivity contribution in [3.8, 4) is 0 Å². The summed E-state index contributed by atoms with van der Waals surface area (Å²) in [7, 11) is 0. The molecule has 16 heteroatoms. The fourth-order valence-corrected chi connectivity index (χ4v) is 6.13. The van der Waals surface area contributed by atoms with Gasteiger partial charge in [-0.2, -0.15) is 0 Å². The first kappa shape index (κ1) is 35.2. The van der Waals surface area contributed by atoms with Crippen LogP contribution in [0.4, 0.5) is 0 Å². The third-order valence-electron chi connectivity index (χ3n) is 5.50. The molecule has 41 heavy (non-hydrogen) atoms.